The van der Waals surface area contributed by atoms with Crippen LogP contribution in [0.4, 0.5) is 11.6 Å². The Bertz CT molecular complexity index is 1190. The third-order valence-electron chi connectivity index (χ3n) is 4.43. The van der Waals surface area contributed by atoms with Gasteiger partial charge in [0.1, 0.15) is 5.76 Å². The summed E-state index contributed by atoms with van der Waals surface area (Å²) < 4.78 is 6.02. The van der Waals surface area contributed by atoms with Gasteiger partial charge in [-0.05, 0) is 29.8 Å². The van der Waals surface area contributed by atoms with Crippen molar-refractivity contribution in [2.45, 2.75) is 0 Å². The van der Waals surface area contributed by atoms with Gasteiger partial charge in [0.05, 0.1) is 6.57 Å². The smallest absolute Gasteiger partial charge is 0.257 e. The Labute approximate surface area is 173 Å². The molecule has 1 N–H and O–H groups in total. The molecule has 0 saturated heterocycles. The monoisotopic (exact) mass is 398 g/mol. The van der Waals surface area contributed by atoms with E-state index in [0.29, 0.717) is 21.9 Å². The number of hydrogen-bond acceptors (Lipinski definition) is 2. The number of carbonyl (C=O) groups excluding carboxylic acids is 1. The Morgan fingerprint density at radius 2 is 1.45 bits per heavy atom. The summed E-state index contributed by atoms with van der Waals surface area (Å²) in [5, 5.41) is 3.28. The second kappa shape index (κ2) is 8.05. The highest BCUT2D eigenvalue weighted by Gasteiger charge is 2.24. The van der Waals surface area contributed by atoms with Crippen LogP contribution in [-0.2, 0) is 0 Å². The maximum Gasteiger partial charge on any atom is 0.257 e. The fraction of sp³-hybridized carbons (Fsp3) is 0. The first kappa shape index (κ1) is 18.5. The van der Waals surface area contributed by atoms with Crippen LogP contribution in [-0.4, -0.2) is 5.91 Å². The van der Waals surface area contributed by atoms with Crippen LogP contribution in [0.25, 0.3) is 27.3 Å². The predicted octanol–water partition coefficient (Wildman–Crippen LogP) is 7.07. The summed E-state index contributed by atoms with van der Waals surface area (Å²) in [5.74, 6) is 0.284. The average Bonchev–Trinajstić information content (AvgIpc) is 3.13. The first-order chi connectivity index (χ1) is 14.2. The lowest BCUT2D eigenvalue weighted by atomic mass is 10.0. The normalized spacial score (nSPS) is 10.3. The molecule has 0 bridgehead atoms. The molecular formula is C24H15ClN2O2. The van der Waals surface area contributed by atoms with E-state index >= 15 is 0 Å². The number of benzene rings is 3. The summed E-state index contributed by atoms with van der Waals surface area (Å²) in [7, 11) is 0. The molecule has 4 nitrogen and oxygen atoms in total. The highest BCUT2D eigenvalue weighted by Crippen LogP contribution is 2.47. The van der Waals surface area contributed by atoms with Crippen LogP contribution in [0.2, 0.25) is 5.02 Å². The fourth-order valence-corrected chi connectivity index (χ4v) is 3.18. The highest BCUT2D eigenvalue weighted by atomic mass is 35.5. The van der Waals surface area contributed by atoms with Gasteiger partial charge in [0, 0.05) is 21.7 Å². The van der Waals surface area contributed by atoms with Crippen molar-refractivity contribution in [2.75, 3.05) is 5.32 Å². The molecule has 0 spiro atoms. The number of carbonyl (C=O) groups is 1. The van der Waals surface area contributed by atoms with Gasteiger partial charge < -0.3 is 9.73 Å². The minimum absolute atomic E-state index is 0.123. The molecule has 5 heteroatoms. The number of nitrogens with one attached hydrogen (secondary N) is 1. The van der Waals surface area contributed by atoms with E-state index in [9.17, 15) is 4.79 Å². The maximum atomic E-state index is 12.7. The van der Waals surface area contributed by atoms with Crippen molar-refractivity contribution in [3.8, 4) is 22.5 Å². The minimum atomic E-state index is -0.375. The Balaban J connectivity index is 1.83. The van der Waals surface area contributed by atoms with Crippen molar-refractivity contribution in [3.05, 3.63) is 107 Å². The summed E-state index contributed by atoms with van der Waals surface area (Å²) in [6.07, 6.45) is 0. The average molecular weight is 399 g/mol. The van der Waals surface area contributed by atoms with Gasteiger partial charge in [0.2, 0.25) is 5.88 Å². The third-order valence-corrected chi connectivity index (χ3v) is 4.68. The SMILES string of the molecule is [C-]#[N+]c1c(NC(=O)c2ccc(Cl)cc2)oc(-c2ccccc2)c1-c1ccccc1. The molecule has 0 aliphatic rings. The molecule has 140 valence electrons. The van der Waals surface area contributed by atoms with E-state index < -0.39 is 0 Å². The zero-order valence-electron chi connectivity index (χ0n) is 15.2. The summed E-state index contributed by atoms with van der Waals surface area (Å²) >= 11 is 5.89. The van der Waals surface area contributed by atoms with Gasteiger partial charge in [-0.15, -0.1) is 0 Å². The predicted molar refractivity (Wildman–Crippen MR) is 115 cm³/mol. The van der Waals surface area contributed by atoms with E-state index in [-0.39, 0.29) is 17.5 Å². The summed E-state index contributed by atoms with van der Waals surface area (Å²) in [6.45, 7) is 7.72. The molecule has 0 fully saturated rings. The molecule has 0 aliphatic carbocycles. The lowest BCUT2D eigenvalue weighted by Crippen LogP contribution is -2.11. The van der Waals surface area contributed by atoms with E-state index in [2.05, 4.69) is 10.2 Å². The van der Waals surface area contributed by atoms with E-state index in [1.54, 1.807) is 24.3 Å². The number of hydrogen-bond donors (Lipinski definition) is 1. The Morgan fingerprint density at radius 1 is 0.862 bits per heavy atom. The molecule has 0 unspecified atom stereocenters. The van der Waals surface area contributed by atoms with Crippen LogP contribution in [0.1, 0.15) is 10.4 Å². The molecule has 29 heavy (non-hydrogen) atoms. The number of anilines is 1. The minimum Gasteiger partial charge on any atom is -0.451 e. The van der Waals surface area contributed by atoms with Gasteiger partial charge in [-0.3, -0.25) is 4.79 Å². The van der Waals surface area contributed by atoms with Crippen LogP contribution in [0.15, 0.2) is 89.3 Å². The van der Waals surface area contributed by atoms with Crippen molar-refractivity contribution >= 4 is 29.1 Å². The first-order valence-electron chi connectivity index (χ1n) is 8.89. The molecule has 0 saturated carbocycles. The van der Waals surface area contributed by atoms with Crippen molar-refractivity contribution in [2.24, 2.45) is 0 Å². The van der Waals surface area contributed by atoms with Gasteiger partial charge in [-0.2, -0.15) is 0 Å². The molecule has 0 atom stereocenters. The number of amides is 1. The van der Waals surface area contributed by atoms with E-state index in [1.807, 2.05) is 60.7 Å². The van der Waals surface area contributed by atoms with Gasteiger partial charge in [-0.25, -0.2) is 4.85 Å². The quantitative estimate of drug-likeness (QED) is 0.373. The zero-order chi connectivity index (χ0) is 20.2. The van der Waals surface area contributed by atoms with Gasteiger partial charge in [0.15, 0.2) is 0 Å². The molecule has 1 heterocycles. The number of rotatable bonds is 4. The third kappa shape index (κ3) is 3.77. The maximum absolute atomic E-state index is 12.7. The summed E-state index contributed by atoms with van der Waals surface area (Å²) in [4.78, 5) is 16.3. The van der Waals surface area contributed by atoms with Gasteiger partial charge in [0.25, 0.3) is 11.6 Å². The Morgan fingerprint density at radius 3 is 2.03 bits per heavy atom. The zero-order valence-corrected chi connectivity index (χ0v) is 16.0. The number of halogens is 1. The Kier molecular flexibility index (Phi) is 5.15. The highest BCUT2D eigenvalue weighted by molar-refractivity contribution is 6.30. The topological polar surface area (TPSA) is 46.6 Å². The molecule has 4 aromatic rings. The van der Waals surface area contributed by atoms with E-state index in [4.69, 9.17) is 22.6 Å². The molecular weight excluding hydrogens is 384 g/mol. The molecule has 1 aromatic heterocycles. The molecule has 4 rings (SSSR count). The fourth-order valence-electron chi connectivity index (χ4n) is 3.06. The largest absolute Gasteiger partial charge is 0.451 e. The van der Waals surface area contributed by atoms with Crippen LogP contribution in [0, 0.1) is 6.57 Å². The molecule has 3 aromatic carbocycles. The van der Waals surface area contributed by atoms with Crippen LogP contribution >= 0.6 is 11.6 Å². The van der Waals surface area contributed by atoms with Crippen molar-refractivity contribution in [3.63, 3.8) is 0 Å². The van der Waals surface area contributed by atoms with Crippen molar-refractivity contribution < 1.29 is 9.21 Å². The van der Waals surface area contributed by atoms with E-state index in [0.717, 1.165) is 11.1 Å². The lowest BCUT2D eigenvalue weighted by molar-refractivity contribution is 0.102. The second-order valence-electron chi connectivity index (χ2n) is 6.29. The summed E-state index contributed by atoms with van der Waals surface area (Å²) in [6, 6.07) is 25.6. The van der Waals surface area contributed by atoms with Gasteiger partial charge >= 0.3 is 0 Å². The van der Waals surface area contributed by atoms with Crippen molar-refractivity contribution in [1.82, 2.24) is 0 Å². The van der Waals surface area contributed by atoms with Crippen LogP contribution < -0.4 is 5.32 Å². The second-order valence-corrected chi connectivity index (χ2v) is 6.73. The lowest BCUT2D eigenvalue weighted by Gasteiger charge is -2.03. The number of furan rings is 1. The molecule has 0 radical (unpaired) electrons. The Hall–Kier alpha value is -3.81. The first-order valence-corrected chi connectivity index (χ1v) is 9.27. The van der Waals surface area contributed by atoms with Crippen molar-refractivity contribution in [1.29, 1.82) is 0 Å². The molecule has 1 amide bonds. The summed E-state index contributed by atoms with van der Waals surface area (Å²) in [5.41, 5.74) is 3.00. The number of nitrogens with zero attached hydrogens (tertiary/aromatic N) is 1. The van der Waals surface area contributed by atoms with Crippen LogP contribution in [0.5, 0.6) is 0 Å². The van der Waals surface area contributed by atoms with Crippen LogP contribution in [0.3, 0.4) is 0 Å². The van der Waals surface area contributed by atoms with E-state index in [1.165, 1.54) is 0 Å². The van der Waals surface area contributed by atoms with Gasteiger partial charge in [-0.1, -0.05) is 72.3 Å². The molecule has 0 aliphatic heterocycles. The standard InChI is InChI=1S/C24H15ClN2O2/c1-26-21-20(16-8-4-2-5-9-16)22(17-10-6-3-7-11-17)29-24(21)27-23(28)18-12-14-19(25)15-13-18/h2-15H,(H,27,28).